The topological polar surface area (TPSA) is 64.8 Å². The first kappa shape index (κ1) is 13.7. The van der Waals surface area contributed by atoms with E-state index in [1.54, 1.807) is 19.4 Å². The van der Waals surface area contributed by atoms with Crippen LogP contribution in [-0.2, 0) is 20.8 Å². The van der Waals surface area contributed by atoms with Gasteiger partial charge in [-0.15, -0.1) is 0 Å². The molecule has 0 fully saturated rings. The molecule has 0 saturated heterocycles. The first-order valence-electron chi connectivity index (χ1n) is 5.44. The van der Waals surface area contributed by atoms with Crippen molar-refractivity contribution in [3.63, 3.8) is 0 Å². The largest absolute Gasteiger partial charge is 0.469 e. The summed E-state index contributed by atoms with van der Waals surface area (Å²) in [5.41, 5.74) is 0. The van der Waals surface area contributed by atoms with E-state index in [9.17, 15) is 4.79 Å². The van der Waals surface area contributed by atoms with Crippen LogP contribution in [0.5, 0.6) is 0 Å². The third-order valence-corrected chi connectivity index (χ3v) is 2.34. The maximum atomic E-state index is 11.1. The van der Waals surface area contributed by atoms with E-state index in [2.05, 4.69) is 14.8 Å². The van der Waals surface area contributed by atoms with Gasteiger partial charge in [0.2, 0.25) is 0 Å². The minimum absolute atomic E-state index is 0.218. The van der Waals surface area contributed by atoms with E-state index < -0.39 is 0 Å². The highest BCUT2D eigenvalue weighted by Gasteiger charge is 2.10. The Morgan fingerprint density at radius 1 is 1.47 bits per heavy atom. The molecule has 6 nitrogen and oxygen atoms in total. The zero-order valence-corrected chi connectivity index (χ0v) is 10.2. The molecule has 0 aliphatic carbocycles. The second-order valence-electron chi connectivity index (χ2n) is 3.57. The molecule has 1 aromatic heterocycles. The Labute approximate surface area is 100 Å². The molecule has 6 heteroatoms. The van der Waals surface area contributed by atoms with Crippen LogP contribution in [0.15, 0.2) is 16.8 Å². The summed E-state index contributed by atoms with van der Waals surface area (Å²) < 4.78 is 14.7. The summed E-state index contributed by atoms with van der Waals surface area (Å²) in [4.78, 5) is 13.1. The summed E-state index contributed by atoms with van der Waals surface area (Å²) in [7, 11) is 3.03. The maximum Gasteiger partial charge on any atom is 0.306 e. The van der Waals surface area contributed by atoms with Gasteiger partial charge in [0.15, 0.2) is 5.76 Å². The summed E-state index contributed by atoms with van der Waals surface area (Å²) in [5, 5.41) is 3.64. The number of rotatable bonds is 8. The molecule has 1 rings (SSSR count). The highest BCUT2D eigenvalue weighted by atomic mass is 16.5. The number of hydrogen-bond acceptors (Lipinski definition) is 6. The monoisotopic (exact) mass is 242 g/mol. The van der Waals surface area contributed by atoms with Crippen LogP contribution in [0.2, 0.25) is 0 Å². The van der Waals surface area contributed by atoms with Crippen molar-refractivity contribution < 1.29 is 18.8 Å². The van der Waals surface area contributed by atoms with Gasteiger partial charge >= 0.3 is 5.97 Å². The summed E-state index contributed by atoms with van der Waals surface area (Å²) >= 11 is 0. The van der Waals surface area contributed by atoms with Gasteiger partial charge in [-0.3, -0.25) is 9.69 Å². The molecule has 1 aromatic rings. The van der Waals surface area contributed by atoms with Crippen LogP contribution in [0, 0.1) is 0 Å². The molecule has 1 heterocycles. The lowest BCUT2D eigenvalue weighted by atomic mass is 10.3. The summed E-state index contributed by atoms with van der Waals surface area (Å²) in [6.07, 6.45) is 1.96. The predicted molar refractivity (Wildman–Crippen MR) is 60.3 cm³/mol. The van der Waals surface area contributed by atoms with Crippen LogP contribution in [-0.4, -0.2) is 49.9 Å². The molecule has 17 heavy (non-hydrogen) atoms. The fraction of sp³-hybridized carbons (Fsp3) is 0.636. The van der Waals surface area contributed by atoms with Gasteiger partial charge < -0.3 is 14.0 Å². The highest BCUT2D eigenvalue weighted by Crippen LogP contribution is 2.04. The van der Waals surface area contributed by atoms with Gasteiger partial charge in [-0.05, 0) is 0 Å². The molecule has 0 aliphatic heterocycles. The van der Waals surface area contributed by atoms with Crippen LogP contribution < -0.4 is 0 Å². The van der Waals surface area contributed by atoms with Crippen molar-refractivity contribution in [2.24, 2.45) is 0 Å². The van der Waals surface area contributed by atoms with Gasteiger partial charge in [0, 0.05) is 26.3 Å². The number of esters is 1. The average molecular weight is 242 g/mol. The molecule has 0 unspecified atom stereocenters. The summed E-state index contributed by atoms with van der Waals surface area (Å²) in [5.74, 6) is 0.552. The molecule has 0 aliphatic rings. The van der Waals surface area contributed by atoms with E-state index in [1.165, 1.54) is 7.11 Å². The molecule has 96 valence electrons. The normalized spacial score (nSPS) is 10.8. The third-order valence-electron chi connectivity index (χ3n) is 2.34. The van der Waals surface area contributed by atoms with Crippen molar-refractivity contribution in [1.29, 1.82) is 0 Å². The number of carbonyl (C=O) groups excluding carboxylic acids is 1. The predicted octanol–water partition coefficient (Wildman–Crippen LogP) is 0.686. The number of ether oxygens (including phenoxy) is 2. The Hall–Kier alpha value is -1.40. The first-order valence-corrected chi connectivity index (χ1v) is 5.44. The third kappa shape index (κ3) is 5.46. The smallest absolute Gasteiger partial charge is 0.306 e. The fourth-order valence-electron chi connectivity index (χ4n) is 1.39. The fourth-order valence-corrected chi connectivity index (χ4v) is 1.39. The lowest BCUT2D eigenvalue weighted by Crippen LogP contribution is -2.29. The van der Waals surface area contributed by atoms with E-state index in [4.69, 9.17) is 9.26 Å². The van der Waals surface area contributed by atoms with Crippen molar-refractivity contribution >= 4 is 5.97 Å². The molecule has 0 atom stereocenters. The molecule has 0 bridgehead atoms. The Morgan fingerprint density at radius 3 is 2.88 bits per heavy atom. The lowest BCUT2D eigenvalue weighted by Gasteiger charge is -2.19. The van der Waals surface area contributed by atoms with Crippen LogP contribution in [0.25, 0.3) is 0 Å². The van der Waals surface area contributed by atoms with E-state index >= 15 is 0 Å². The van der Waals surface area contributed by atoms with Crippen LogP contribution in [0.3, 0.4) is 0 Å². The molecule has 0 spiro atoms. The number of nitrogens with zero attached hydrogens (tertiary/aromatic N) is 2. The number of carbonyl (C=O) groups is 1. The highest BCUT2D eigenvalue weighted by molar-refractivity contribution is 5.69. The average Bonchev–Trinajstić information content (AvgIpc) is 2.84. The SMILES string of the molecule is COCCN(CCC(=O)OC)Cc1ccno1. The quantitative estimate of drug-likeness (QED) is 0.625. The standard InChI is InChI=1S/C11H18N2O4/c1-15-8-7-13(6-4-11(14)16-2)9-10-3-5-12-17-10/h3,5H,4,6-9H2,1-2H3. The zero-order chi connectivity index (χ0) is 12.5. The molecule has 0 saturated carbocycles. The van der Waals surface area contributed by atoms with Gasteiger partial charge in [-0.25, -0.2) is 0 Å². The van der Waals surface area contributed by atoms with E-state index in [-0.39, 0.29) is 5.97 Å². The van der Waals surface area contributed by atoms with E-state index in [0.717, 1.165) is 12.3 Å². The number of aromatic nitrogens is 1. The first-order chi connectivity index (χ1) is 8.26. The molecular formula is C11H18N2O4. The minimum Gasteiger partial charge on any atom is -0.469 e. The van der Waals surface area contributed by atoms with Crippen LogP contribution in [0.4, 0.5) is 0 Å². The summed E-state index contributed by atoms with van der Waals surface area (Å²) in [6, 6.07) is 1.80. The molecule has 0 N–H and O–H groups in total. The van der Waals surface area contributed by atoms with Crippen molar-refractivity contribution in [2.45, 2.75) is 13.0 Å². The zero-order valence-electron chi connectivity index (χ0n) is 10.2. The van der Waals surface area contributed by atoms with E-state index in [1.807, 2.05) is 0 Å². The lowest BCUT2D eigenvalue weighted by molar-refractivity contribution is -0.141. The Bertz CT molecular complexity index is 313. The van der Waals surface area contributed by atoms with Gasteiger partial charge in [-0.2, -0.15) is 0 Å². The number of methoxy groups -OCH3 is 2. The van der Waals surface area contributed by atoms with Crippen LogP contribution >= 0.6 is 0 Å². The van der Waals surface area contributed by atoms with Crippen molar-refractivity contribution in [1.82, 2.24) is 10.1 Å². The Balaban J connectivity index is 2.39. The molecule has 0 aromatic carbocycles. The molecule has 0 amide bonds. The van der Waals surface area contributed by atoms with Crippen molar-refractivity contribution in [3.05, 3.63) is 18.0 Å². The minimum atomic E-state index is -0.218. The molecule has 0 radical (unpaired) electrons. The second kappa shape index (κ2) is 7.81. The van der Waals surface area contributed by atoms with Crippen LogP contribution in [0.1, 0.15) is 12.2 Å². The van der Waals surface area contributed by atoms with Gasteiger partial charge in [0.1, 0.15) is 0 Å². The van der Waals surface area contributed by atoms with Gasteiger partial charge in [0.25, 0.3) is 0 Å². The Morgan fingerprint density at radius 2 is 2.29 bits per heavy atom. The number of hydrogen-bond donors (Lipinski definition) is 0. The van der Waals surface area contributed by atoms with Crippen molar-refractivity contribution in [3.8, 4) is 0 Å². The second-order valence-corrected chi connectivity index (χ2v) is 3.57. The maximum absolute atomic E-state index is 11.1. The molecular weight excluding hydrogens is 224 g/mol. The summed E-state index contributed by atoms with van der Waals surface area (Å²) in [6.45, 7) is 2.56. The van der Waals surface area contributed by atoms with Gasteiger partial charge in [0.05, 0.1) is 32.9 Å². The van der Waals surface area contributed by atoms with E-state index in [0.29, 0.717) is 26.1 Å². The Kier molecular flexibility index (Phi) is 6.27. The van der Waals surface area contributed by atoms with Gasteiger partial charge in [-0.1, -0.05) is 5.16 Å². The van der Waals surface area contributed by atoms with Crippen molar-refractivity contribution in [2.75, 3.05) is 33.9 Å².